The van der Waals surface area contributed by atoms with Crippen LogP contribution in [0.25, 0.3) is 0 Å². The van der Waals surface area contributed by atoms with Crippen LogP contribution in [0.15, 0.2) is 42.5 Å². The molecule has 3 rings (SSSR count). The zero-order chi connectivity index (χ0) is 20.0. The second-order valence-corrected chi connectivity index (χ2v) is 7.66. The summed E-state index contributed by atoms with van der Waals surface area (Å²) in [6.07, 6.45) is 2.45. The van der Waals surface area contributed by atoms with Gasteiger partial charge in [0.2, 0.25) is 0 Å². The molecule has 1 aliphatic rings. The van der Waals surface area contributed by atoms with Crippen molar-refractivity contribution in [3.05, 3.63) is 59.4 Å². The Labute approximate surface area is 166 Å². The average molecular weight is 387 g/mol. The number of piperidine rings is 1. The van der Waals surface area contributed by atoms with E-state index in [-0.39, 0.29) is 17.8 Å². The lowest BCUT2D eigenvalue weighted by Gasteiger charge is -2.42. The van der Waals surface area contributed by atoms with Gasteiger partial charge >= 0.3 is 0 Å². The number of rotatable bonds is 8. The van der Waals surface area contributed by atoms with Gasteiger partial charge in [0.15, 0.2) is 11.5 Å². The molecule has 1 N–H and O–H groups in total. The van der Waals surface area contributed by atoms with E-state index in [9.17, 15) is 9.50 Å². The molecule has 0 radical (unpaired) electrons. The van der Waals surface area contributed by atoms with Crippen molar-refractivity contribution in [1.29, 1.82) is 0 Å². The van der Waals surface area contributed by atoms with Crippen LogP contribution in [-0.2, 0) is 13.0 Å². The number of aliphatic hydroxyl groups is 1. The molecule has 0 bridgehead atoms. The molecule has 0 saturated carbocycles. The first-order chi connectivity index (χ1) is 13.6. The van der Waals surface area contributed by atoms with Crippen LogP contribution < -0.4 is 9.47 Å². The molecule has 5 heteroatoms. The van der Waals surface area contributed by atoms with Gasteiger partial charge in [0.1, 0.15) is 5.82 Å². The zero-order valence-electron chi connectivity index (χ0n) is 16.8. The molecule has 2 aromatic carbocycles. The molecule has 0 spiro atoms. The third kappa shape index (κ3) is 4.83. The molecule has 0 aliphatic carbocycles. The largest absolute Gasteiger partial charge is 0.493 e. The van der Waals surface area contributed by atoms with Gasteiger partial charge in [-0.1, -0.05) is 24.3 Å². The number of halogens is 1. The Morgan fingerprint density at radius 2 is 2.00 bits per heavy atom. The van der Waals surface area contributed by atoms with Crippen LogP contribution in [0.3, 0.4) is 0 Å². The molecule has 1 heterocycles. The minimum Gasteiger partial charge on any atom is -0.493 e. The van der Waals surface area contributed by atoms with Crippen molar-refractivity contribution in [3.63, 3.8) is 0 Å². The third-order valence-corrected chi connectivity index (χ3v) is 5.53. The Balaban J connectivity index is 1.73. The number of nitrogens with zero attached hydrogens (tertiary/aromatic N) is 1. The molecule has 1 saturated heterocycles. The summed E-state index contributed by atoms with van der Waals surface area (Å²) >= 11 is 0. The highest BCUT2D eigenvalue weighted by molar-refractivity contribution is 5.43. The normalized spacial score (nSPS) is 20.1. The van der Waals surface area contributed by atoms with Crippen LogP contribution in [0, 0.1) is 11.2 Å². The first-order valence-corrected chi connectivity index (χ1v) is 9.95. The van der Waals surface area contributed by atoms with Gasteiger partial charge in [-0.3, -0.25) is 4.90 Å². The Morgan fingerprint density at radius 1 is 1.18 bits per heavy atom. The van der Waals surface area contributed by atoms with Gasteiger partial charge in [0, 0.05) is 18.5 Å². The highest BCUT2D eigenvalue weighted by Gasteiger charge is 2.35. The molecule has 4 nitrogen and oxygen atoms in total. The number of likely N-dealkylation sites (tertiary alicyclic amines) is 1. The van der Waals surface area contributed by atoms with Crippen molar-refractivity contribution < 1.29 is 19.0 Å². The van der Waals surface area contributed by atoms with Crippen LogP contribution in [0.4, 0.5) is 4.39 Å². The number of methoxy groups -OCH3 is 1. The Bertz CT molecular complexity index is 782. The van der Waals surface area contributed by atoms with Crippen LogP contribution in [0.1, 0.15) is 30.9 Å². The molecule has 1 atom stereocenters. The second-order valence-electron chi connectivity index (χ2n) is 7.66. The Hall–Kier alpha value is -2.11. The topological polar surface area (TPSA) is 41.9 Å². The minimum atomic E-state index is -0.310. The summed E-state index contributed by atoms with van der Waals surface area (Å²) in [7, 11) is 1.64. The summed E-state index contributed by atoms with van der Waals surface area (Å²) in [6, 6.07) is 12.9. The van der Waals surface area contributed by atoms with Gasteiger partial charge in [0.25, 0.3) is 0 Å². The highest BCUT2D eigenvalue weighted by atomic mass is 19.1. The van der Waals surface area contributed by atoms with E-state index in [1.807, 2.05) is 37.3 Å². The van der Waals surface area contributed by atoms with Crippen molar-refractivity contribution in [2.45, 2.75) is 32.7 Å². The number of ether oxygens (including phenoxy) is 2. The summed E-state index contributed by atoms with van der Waals surface area (Å²) in [4.78, 5) is 2.35. The van der Waals surface area contributed by atoms with Gasteiger partial charge in [-0.25, -0.2) is 4.39 Å². The fraction of sp³-hybridized carbons (Fsp3) is 0.478. The van der Waals surface area contributed by atoms with Crippen molar-refractivity contribution in [2.24, 2.45) is 5.41 Å². The standard InChI is InChI=1S/C23H30FNO3/c1-3-28-22-13-18(9-10-21(22)27-2)15-25-12-6-11-23(16-25,17-26)14-19-7-4-5-8-20(19)24/h4-5,7-10,13,26H,3,6,11-12,14-17H2,1-2H3/t23-/m1/s1. The third-order valence-electron chi connectivity index (χ3n) is 5.53. The molecule has 28 heavy (non-hydrogen) atoms. The van der Waals surface area contributed by atoms with E-state index < -0.39 is 0 Å². The number of hydrogen-bond donors (Lipinski definition) is 1. The van der Waals surface area contributed by atoms with Crippen molar-refractivity contribution in [1.82, 2.24) is 4.90 Å². The minimum absolute atomic E-state index is 0.0602. The van der Waals surface area contributed by atoms with E-state index in [2.05, 4.69) is 4.90 Å². The molecule has 0 unspecified atom stereocenters. The average Bonchev–Trinajstić information content (AvgIpc) is 2.71. The monoisotopic (exact) mass is 387 g/mol. The quantitative estimate of drug-likeness (QED) is 0.742. The van der Waals surface area contributed by atoms with Gasteiger partial charge in [-0.15, -0.1) is 0 Å². The van der Waals surface area contributed by atoms with Crippen LogP contribution in [0.5, 0.6) is 11.5 Å². The Kier molecular flexibility index (Phi) is 6.92. The summed E-state index contributed by atoms with van der Waals surface area (Å²) in [5.74, 6) is 1.29. The lowest BCUT2D eigenvalue weighted by Crippen LogP contribution is -2.46. The molecule has 1 fully saturated rings. The van der Waals surface area contributed by atoms with Gasteiger partial charge < -0.3 is 14.6 Å². The molecular formula is C23H30FNO3. The molecule has 0 amide bonds. The lowest BCUT2D eigenvalue weighted by atomic mass is 9.75. The van der Waals surface area contributed by atoms with E-state index in [4.69, 9.17) is 9.47 Å². The maximum Gasteiger partial charge on any atom is 0.161 e. The molecule has 152 valence electrons. The predicted octanol–water partition coefficient (Wildman–Crippen LogP) is 4.05. The maximum atomic E-state index is 14.2. The van der Waals surface area contributed by atoms with E-state index in [0.29, 0.717) is 18.6 Å². The fourth-order valence-electron chi connectivity index (χ4n) is 4.17. The van der Waals surface area contributed by atoms with Crippen LogP contribution in [-0.4, -0.2) is 43.4 Å². The summed E-state index contributed by atoms with van der Waals surface area (Å²) in [6.45, 7) is 5.07. The number of benzene rings is 2. The number of hydrogen-bond acceptors (Lipinski definition) is 4. The SMILES string of the molecule is CCOc1cc(CN2CCC[C@@](CO)(Cc3ccccc3F)C2)ccc1OC. The fourth-order valence-corrected chi connectivity index (χ4v) is 4.17. The number of aliphatic hydroxyl groups excluding tert-OH is 1. The van der Waals surface area contributed by atoms with Crippen LogP contribution >= 0.6 is 0 Å². The van der Waals surface area contributed by atoms with Crippen molar-refractivity contribution in [2.75, 3.05) is 33.4 Å². The molecule has 0 aromatic heterocycles. The van der Waals surface area contributed by atoms with Crippen molar-refractivity contribution >= 4 is 0 Å². The maximum absolute atomic E-state index is 14.2. The molecule has 2 aromatic rings. The van der Waals surface area contributed by atoms with Crippen LogP contribution in [0.2, 0.25) is 0 Å². The van der Waals surface area contributed by atoms with Gasteiger partial charge in [-0.05, 0) is 62.1 Å². The lowest BCUT2D eigenvalue weighted by molar-refractivity contribution is 0.0282. The van der Waals surface area contributed by atoms with Gasteiger partial charge in [0.05, 0.1) is 20.3 Å². The highest BCUT2D eigenvalue weighted by Crippen LogP contribution is 2.35. The van der Waals surface area contributed by atoms with E-state index in [1.54, 1.807) is 13.2 Å². The van der Waals surface area contributed by atoms with Crippen molar-refractivity contribution in [3.8, 4) is 11.5 Å². The molecule has 1 aliphatic heterocycles. The van der Waals surface area contributed by atoms with E-state index in [1.165, 1.54) is 6.07 Å². The second kappa shape index (κ2) is 9.39. The smallest absolute Gasteiger partial charge is 0.161 e. The Morgan fingerprint density at radius 3 is 2.71 bits per heavy atom. The van der Waals surface area contributed by atoms with E-state index in [0.717, 1.165) is 49.5 Å². The zero-order valence-corrected chi connectivity index (χ0v) is 16.8. The molecular weight excluding hydrogens is 357 g/mol. The van der Waals surface area contributed by atoms with Gasteiger partial charge in [-0.2, -0.15) is 0 Å². The summed E-state index contributed by atoms with van der Waals surface area (Å²) < 4.78 is 25.2. The predicted molar refractivity (Wildman–Crippen MR) is 108 cm³/mol. The summed E-state index contributed by atoms with van der Waals surface area (Å²) in [5.41, 5.74) is 1.51. The first kappa shape index (κ1) is 20.6. The van der Waals surface area contributed by atoms with E-state index >= 15 is 0 Å². The first-order valence-electron chi connectivity index (χ1n) is 9.95. The summed E-state index contributed by atoms with van der Waals surface area (Å²) in [5, 5.41) is 10.2.